The summed E-state index contributed by atoms with van der Waals surface area (Å²) in [5.41, 5.74) is 3.06. The van der Waals surface area contributed by atoms with Gasteiger partial charge in [-0.1, -0.05) is 12.1 Å². The van der Waals surface area contributed by atoms with Crippen molar-refractivity contribution >= 4 is 17.2 Å². The largest absolute Gasteiger partial charge is 0.348 e. The Morgan fingerprint density at radius 3 is 2.73 bits per heavy atom. The molecular formula is C18H20N2OS. The second-order valence-corrected chi connectivity index (χ2v) is 7.09. The lowest BCUT2D eigenvalue weighted by atomic mass is 9.84. The summed E-state index contributed by atoms with van der Waals surface area (Å²) in [5.74, 6) is 0.727. The summed E-state index contributed by atoms with van der Waals surface area (Å²) in [5, 5.41) is 7.44. The molecule has 1 aromatic heterocycles. The van der Waals surface area contributed by atoms with Crippen molar-refractivity contribution in [3.63, 3.8) is 0 Å². The third-order valence-electron chi connectivity index (χ3n) is 4.95. The molecule has 1 atom stereocenters. The highest BCUT2D eigenvalue weighted by atomic mass is 32.1. The van der Waals surface area contributed by atoms with Crippen LogP contribution < -0.4 is 5.32 Å². The minimum atomic E-state index is 0.0656. The van der Waals surface area contributed by atoms with E-state index in [1.54, 1.807) is 11.3 Å². The molecule has 0 unspecified atom stereocenters. The fraction of sp³-hybridized carbons (Fsp3) is 0.389. The van der Waals surface area contributed by atoms with Gasteiger partial charge >= 0.3 is 0 Å². The van der Waals surface area contributed by atoms with E-state index in [1.807, 2.05) is 18.2 Å². The highest BCUT2D eigenvalue weighted by Gasteiger charge is 2.34. The van der Waals surface area contributed by atoms with Crippen molar-refractivity contribution in [2.24, 2.45) is 5.92 Å². The van der Waals surface area contributed by atoms with Gasteiger partial charge in [0.1, 0.15) is 0 Å². The van der Waals surface area contributed by atoms with Crippen LogP contribution in [-0.2, 0) is 0 Å². The van der Waals surface area contributed by atoms with Gasteiger partial charge in [-0.3, -0.25) is 4.79 Å². The molecule has 4 heterocycles. The summed E-state index contributed by atoms with van der Waals surface area (Å²) in [4.78, 5) is 15.0. The average Bonchev–Trinajstić information content (AvgIpc) is 3.11. The lowest BCUT2D eigenvalue weighted by Gasteiger charge is -2.44. The predicted octanol–water partition coefficient (Wildman–Crippen LogP) is 3.24. The maximum absolute atomic E-state index is 12.6. The summed E-state index contributed by atoms with van der Waals surface area (Å²) in [6.07, 6.45) is 2.44. The number of carbonyl (C=O) groups is 1. The van der Waals surface area contributed by atoms with Crippen molar-refractivity contribution in [2.45, 2.75) is 18.9 Å². The van der Waals surface area contributed by atoms with E-state index >= 15 is 0 Å². The molecule has 3 saturated heterocycles. The number of rotatable bonds is 3. The number of piperidine rings is 3. The summed E-state index contributed by atoms with van der Waals surface area (Å²) in [6.45, 7) is 3.41. The number of amides is 1. The minimum absolute atomic E-state index is 0.0656. The molecule has 3 aliphatic rings. The number of nitrogens with one attached hydrogen (secondary N) is 1. The van der Waals surface area contributed by atoms with Crippen LogP contribution in [0, 0.1) is 5.92 Å². The fourth-order valence-electron chi connectivity index (χ4n) is 3.65. The van der Waals surface area contributed by atoms with E-state index in [2.05, 4.69) is 33.1 Å². The average molecular weight is 312 g/mol. The van der Waals surface area contributed by atoms with Gasteiger partial charge in [-0.15, -0.1) is 0 Å². The van der Waals surface area contributed by atoms with E-state index in [1.165, 1.54) is 31.5 Å². The second kappa shape index (κ2) is 5.86. The van der Waals surface area contributed by atoms with Crippen molar-refractivity contribution in [1.29, 1.82) is 0 Å². The number of thiophene rings is 1. The zero-order valence-electron chi connectivity index (χ0n) is 12.5. The number of nitrogens with zero attached hydrogens (tertiary/aromatic N) is 1. The van der Waals surface area contributed by atoms with Crippen LogP contribution in [0.4, 0.5) is 0 Å². The van der Waals surface area contributed by atoms with Gasteiger partial charge < -0.3 is 10.2 Å². The van der Waals surface area contributed by atoms with Crippen molar-refractivity contribution in [3.05, 3.63) is 46.7 Å². The number of benzene rings is 1. The monoisotopic (exact) mass is 312 g/mol. The second-order valence-electron chi connectivity index (χ2n) is 6.31. The summed E-state index contributed by atoms with van der Waals surface area (Å²) >= 11 is 1.68. The van der Waals surface area contributed by atoms with Crippen LogP contribution in [0.3, 0.4) is 0 Å². The molecule has 5 rings (SSSR count). The van der Waals surface area contributed by atoms with Crippen LogP contribution in [0.1, 0.15) is 23.2 Å². The van der Waals surface area contributed by atoms with Crippen LogP contribution in [0.25, 0.3) is 11.1 Å². The molecule has 0 aliphatic carbocycles. The van der Waals surface area contributed by atoms with Crippen molar-refractivity contribution in [2.75, 3.05) is 19.6 Å². The van der Waals surface area contributed by atoms with Crippen molar-refractivity contribution in [3.8, 4) is 11.1 Å². The number of fused-ring (bicyclic) bond motifs is 3. The van der Waals surface area contributed by atoms with Crippen molar-refractivity contribution < 1.29 is 4.79 Å². The third-order valence-corrected chi connectivity index (χ3v) is 5.64. The van der Waals surface area contributed by atoms with E-state index < -0.39 is 0 Å². The first-order chi connectivity index (χ1) is 10.8. The van der Waals surface area contributed by atoms with E-state index in [4.69, 9.17) is 0 Å². The van der Waals surface area contributed by atoms with Crippen LogP contribution in [0.15, 0.2) is 41.1 Å². The summed E-state index contributed by atoms with van der Waals surface area (Å²) < 4.78 is 0. The Morgan fingerprint density at radius 2 is 2.05 bits per heavy atom. The molecule has 3 nitrogen and oxygen atoms in total. The maximum atomic E-state index is 12.6. The van der Waals surface area contributed by atoms with Crippen LogP contribution in [-0.4, -0.2) is 36.5 Å². The van der Waals surface area contributed by atoms with E-state index in [0.29, 0.717) is 12.0 Å². The van der Waals surface area contributed by atoms with Gasteiger partial charge in [0.2, 0.25) is 0 Å². The maximum Gasteiger partial charge on any atom is 0.251 e. The smallest absolute Gasteiger partial charge is 0.251 e. The van der Waals surface area contributed by atoms with Gasteiger partial charge in [0, 0.05) is 18.2 Å². The fourth-order valence-corrected chi connectivity index (χ4v) is 4.31. The molecule has 0 saturated carbocycles. The van der Waals surface area contributed by atoms with Crippen molar-refractivity contribution in [1.82, 2.24) is 10.2 Å². The zero-order valence-corrected chi connectivity index (χ0v) is 13.3. The molecule has 0 radical (unpaired) electrons. The number of hydrogen-bond donors (Lipinski definition) is 1. The molecular weight excluding hydrogens is 292 g/mol. The van der Waals surface area contributed by atoms with E-state index in [-0.39, 0.29) is 5.91 Å². The van der Waals surface area contributed by atoms with Gasteiger partial charge in [0.15, 0.2) is 0 Å². The number of carbonyl (C=O) groups excluding carboxylic acids is 1. The first-order valence-electron chi connectivity index (χ1n) is 7.95. The number of hydrogen-bond acceptors (Lipinski definition) is 3. The molecule has 3 fully saturated rings. The first-order valence-corrected chi connectivity index (χ1v) is 8.90. The minimum Gasteiger partial charge on any atom is -0.348 e. The Balaban J connectivity index is 1.50. The predicted molar refractivity (Wildman–Crippen MR) is 90.2 cm³/mol. The Bertz CT molecular complexity index is 659. The molecule has 0 spiro atoms. The van der Waals surface area contributed by atoms with Crippen LogP contribution >= 0.6 is 11.3 Å². The Kier molecular flexibility index (Phi) is 3.72. The normalized spacial score (nSPS) is 26.8. The lowest BCUT2D eigenvalue weighted by Crippen LogP contribution is -2.57. The van der Waals surface area contributed by atoms with Crippen LogP contribution in [0.2, 0.25) is 0 Å². The Hall–Kier alpha value is -1.65. The molecule has 1 aromatic carbocycles. The summed E-state index contributed by atoms with van der Waals surface area (Å²) in [6, 6.07) is 10.4. The standard InChI is InChI=1S/C18H20N2OS/c21-18(19-17-11-20-7-4-13(17)5-8-20)15-3-1-2-14(10-15)16-6-9-22-12-16/h1-3,6,9-10,12-13,17H,4-5,7-8,11H2,(H,19,21)/t17-/m0/s1. The molecule has 1 amide bonds. The SMILES string of the molecule is O=C(N[C@H]1CN2CCC1CC2)c1cccc(-c2ccsc2)c1. The van der Waals surface area contributed by atoms with Gasteiger partial charge in [0.05, 0.1) is 0 Å². The molecule has 22 heavy (non-hydrogen) atoms. The quantitative estimate of drug-likeness (QED) is 0.943. The van der Waals surface area contributed by atoms with Crippen LogP contribution in [0.5, 0.6) is 0 Å². The topological polar surface area (TPSA) is 32.3 Å². The first kappa shape index (κ1) is 14.0. The van der Waals surface area contributed by atoms with Gasteiger partial charge in [-0.05, 0) is 71.9 Å². The molecule has 3 aliphatic heterocycles. The Morgan fingerprint density at radius 1 is 1.18 bits per heavy atom. The zero-order chi connectivity index (χ0) is 14.9. The molecule has 4 heteroatoms. The molecule has 1 N–H and O–H groups in total. The summed E-state index contributed by atoms with van der Waals surface area (Å²) in [7, 11) is 0. The van der Waals surface area contributed by atoms with E-state index in [0.717, 1.165) is 17.7 Å². The van der Waals surface area contributed by atoms with E-state index in [9.17, 15) is 4.79 Å². The lowest BCUT2D eigenvalue weighted by molar-refractivity contribution is 0.0620. The van der Waals surface area contributed by atoms with Gasteiger partial charge in [-0.25, -0.2) is 0 Å². The van der Waals surface area contributed by atoms with Gasteiger partial charge in [-0.2, -0.15) is 11.3 Å². The van der Waals surface area contributed by atoms with Gasteiger partial charge in [0.25, 0.3) is 5.91 Å². The molecule has 114 valence electrons. The highest BCUT2D eigenvalue weighted by Crippen LogP contribution is 2.28. The molecule has 2 bridgehead atoms. The highest BCUT2D eigenvalue weighted by molar-refractivity contribution is 7.08. The molecule has 2 aromatic rings. The third kappa shape index (κ3) is 2.69. The Labute approximate surface area is 135 Å².